The van der Waals surface area contributed by atoms with E-state index >= 15 is 0 Å². The first-order valence-electron chi connectivity index (χ1n) is 9.89. The Morgan fingerprint density at radius 2 is 1.88 bits per heavy atom. The molecule has 1 atom stereocenters. The second kappa shape index (κ2) is 12.3. The second-order valence-corrected chi connectivity index (χ2v) is 6.87. The van der Waals surface area contributed by atoms with Gasteiger partial charge in [0.15, 0.2) is 0 Å². The fraction of sp³-hybridized carbons (Fsp3) is 0.190. The zero-order chi connectivity index (χ0) is 25.1. The minimum absolute atomic E-state index is 0.0555. The minimum atomic E-state index is -1.38. The summed E-state index contributed by atoms with van der Waals surface area (Å²) >= 11 is 0. The highest BCUT2D eigenvalue weighted by Gasteiger charge is 2.20. The normalized spacial score (nSPS) is 10.9. The molecule has 0 radical (unpaired) electrons. The number of rotatable bonds is 8. The molecule has 0 fully saturated rings. The summed E-state index contributed by atoms with van der Waals surface area (Å²) in [7, 11) is 0. The number of imidazole rings is 1. The number of nitrogens with two attached hydrogens (primary N) is 1. The van der Waals surface area contributed by atoms with Crippen LogP contribution in [0.15, 0.2) is 54.0 Å². The van der Waals surface area contributed by atoms with Crippen LogP contribution in [0.3, 0.4) is 0 Å². The molecule has 13 nitrogen and oxygen atoms in total. The Morgan fingerprint density at radius 1 is 1.18 bits per heavy atom. The number of nitrogens with zero attached hydrogens (tertiary/aromatic N) is 2. The summed E-state index contributed by atoms with van der Waals surface area (Å²) in [6, 6.07) is 5.27. The molecule has 2 heterocycles. The number of primary amides is 1. The van der Waals surface area contributed by atoms with E-state index in [0.717, 1.165) is 6.20 Å². The van der Waals surface area contributed by atoms with Crippen LogP contribution < -0.4 is 21.9 Å². The number of carboxylic acid groups (broad SMARTS) is 1. The van der Waals surface area contributed by atoms with Crippen LogP contribution in [0.25, 0.3) is 11.4 Å². The number of nitrogens with one attached hydrogen (secondary N) is 4. The molecule has 0 aliphatic carbocycles. The van der Waals surface area contributed by atoms with Gasteiger partial charge in [-0.15, -0.1) is 0 Å². The average Bonchev–Trinajstić information content (AvgIpc) is 3.36. The molecule has 0 spiro atoms. The van der Waals surface area contributed by atoms with Gasteiger partial charge in [0.1, 0.15) is 17.4 Å². The van der Waals surface area contributed by atoms with Gasteiger partial charge in [0.2, 0.25) is 17.7 Å². The third-order valence-corrected chi connectivity index (χ3v) is 4.23. The molecule has 0 saturated heterocycles. The first-order valence-corrected chi connectivity index (χ1v) is 9.89. The van der Waals surface area contributed by atoms with Crippen LogP contribution in [0, 0.1) is 0 Å². The molecule has 3 aromatic rings. The van der Waals surface area contributed by atoms with Crippen LogP contribution in [0.1, 0.15) is 30.1 Å². The molecule has 3 rings (SSSR count). The number of carbonyl (C=O) groups excluding carboxylic acids is 3. The lowest BCUT2D eigenvalue weighted by atomic mass is 10.1. The molecular formula is C21H23N7O6. The van der Waals surface area contributed by atoms with Crippen LogP contribution in [-0.4, -0.2) is 54.8 Å². The predicted molar refractivity (Wildman–Crippen MR) is 121 cm³/mol. The van der Waals surface area contributed by atoms with Crippen molar-refractivity contribution < 1.29 is 24.3 Å². The summed E-state index contributed by atoms with van der Waals surface area (Å²) < 4.78 is 0. The van der Waals surface area contributed by atoms with Crippen LogP contribution in [0.4, 0.5) is 5.69 Å². The topological polar surface area (TPSA) is 213 Å². The Bertz CT molecular complexity index is 1170. The van der Waals surface area contributed by atoms with E-state index in [1.165, 1.54) is 19.1 Å². The molecule has 1 aromatic carbocycles. The van der Waals surface area contributed by atoms with Gasteiger partial charge in [-0.3, -0.25) is 19.2 Å². The van der Waals surface area contributed by atoms with Gasteiger partial charge in [0.25, 0.3) is 5.56 Å². The number of carbonyl (C=O) groups is 4. The van der Waals surface area contributed by atoms with Crippen LogP contribution in [0.2, 0.25) is 0 Å². The number of hydrogen-bond donors (Lipinski definition) is 6. The Morgan fingerprint density at radius 3 is 2.35 bits per heavy atom. The maximum atomic E-state index is 12.4. The number of hydrogen-bond acceptors (Lipinski definition) is 7. The van der Waals surface area contributed by atoms with Crippen molar-refractivity contribution in [1.29, 1.82) is 0 Å². The number of aromatic carboxylic acids is 1. The Hall–Kier alpha value is -4.81. The van der Waals surface area contributed by atoms with Crippen LogP contribution >= 0.6 is 0 Å². The Balaban J connectivity index is 0.000000720. The molecular weight excluding hydrogens is 446 g/mol. The molecule has 7 N–H and O–H groups in total. The third-order valence-electron chi connectivity index (χ3n) is 4.23. The van der Waals surface area contributed by atoms with Gasteiger partial charge in [-0.1, -0.05) is 0 Å². The first kappa shape index (κ1) is 25.5. The van der Waals surface area contributed by atoms with Crippen molar-refractivity contribution in [2.75, 3.05) is 5.32 Å². The van der Waals surface area contributed by atoms with Crippen molar-refractivity contribution in [1.82, 2.24) is 25.3 Å². The van der Waals surface area contributed by atoms with E-state index in [-0.39, 0.29) is 18.7 Å². The molecule has 0 bridgehead atoms. The van der Waals surface area contributed by atoms with Gasteiger partial charge in [-0.25, -0.2) is 14.8 Å². The van der Waals surface area contributed by atoms with Gasteiger partial charge >= 0.3 is 5.97 Å². The monoisotopic (exact) mass is 469 g/mol. The molecule has 0 aliphatic heterocycles. The highest BCUT2D eigenvalue weighted by molar-refractivity contribution is 5.97. The van der Waals surface area contributed by atoms with E-state index in [9.17, 15) is 24.0 Å². The molecule has 2 aromatic heterocycles. The van der Waals surface area contributed by atoms with Crippen molar-refractivity contribution in [2.45, 2.75) is 25.8 Å². The van der Waals surface area contributed by atoms with Crippen LogP contribution in [0.5, 0.6) is 0 Å². The number of benzene rings is 1. The maximum absolute atomic E-state index is 12.4. The number of aromatic amines is 2. The summed E-state index contributed by atoms with van der Waals surface area (Å²) in [5.41, 5.74) is 4.72. The lowest BCUT2D eigenvalue weighted by Crippen LogP contribution is -2.43. The number of carboxylic acids is 1. The summed E-state index contributed by atoms with van der Waals surface area (Å²) in [4.78, 5) is 69.9. The SMILES string of the molecule is CC(=O)NC(CCC(N)=O)C(=O)Nc1ccc(-c2ncc(C(=O)O)c(=O)[nH]2)cc1.c1c[nH]cn1. The van der Waals surface area contributed by atoms with E-state index in [2.05, 4.69) is 30.6 Å². The maximum Gasteiger partial charge on any atom is 0.342 e. The molecule has 0 aliphatic rings. The lowest BCUT2D eigenvalue weighted by Gasteiger charge is -2.17. The number of amides is 3. The largest absolute Gasteiger partial charge is 0.477 e. The van der Waals surface area contributed by atoms with E-state index in [4.69, 9.17) is 10.8 Å². The van der Waals surface area contributed by atoms with Crippen molar-refractivity contribution in [2.24, 2.45) is 5.73 Å². The van der Waals surface area contributed by atoms with Crippen molar-refractivity contribution >= 4 is 29.4 Å². The van der Waals surface area contributed by atoms with Crippen molar-refractivity contribution in [3.63, 3.8) is 0 Å². The van der Waals surface area contributed by atoms with Gasteiger partial charge < -0.3 is 31.4 Å². The van der Waals surface area contributed by atoms with Gasteiger partial charge in [-0.05, 0) is 30.7 Å². The minimum Gasteiger partial charge on any atom is -0.477 e. The van der Waals surface area contributed by atoms with E-state index in [0.29, 0.717) is 11.3 Å². The molecule has 3 amide bonds. The van der Waals surface area contributed by atoms with Gasteiger partial charge in [0.05, 0.1) is 6.33 Å². The highest BCUT2D eigenvalue weighted by Crippen LogP contribution is 2.17. The lowest BCUT2D eigenvalue weighted by molar-refractivity contribution is -0.126. The highest BCUT2D eigenvalue weighted by atomic mass is 16.4. The Kier molecular flexibility index (Phi) is 9.19. The van der Waals surface area contributed by atoms with Gasteiger partial charge in [-0.2, -0.15) is 0 Å². The number of anilines is 1. The van der Waals surface area contributed by atoms with E-state index in [1.54, 1.807) is 30.9 Å². The fourth-order valence-corrected chi connectivity index (χ4v) is 2.65. The Labute approximate surface area is 192 Å². The molecule has 0 saturated carbocycles. The second-order valence-electron chi connectivity index (χ2n) is 6.87. The smallest absolute Gasteiger partial charge is 0.342 e. The number of H-pyrrole nitrogens is 2. The quantitative estimate of drug-likeness (QED) is 0.268. The predicted octanol–water partition coefficient (Wildman–Crippen LogP) is 0.254. The van der Waals surface area contributed by atoms with E-state index in [1.807, 2.05) is 0 Å². The molecule has 34 heavy (non-hydrogen) atoms. The van der Waals surface area contributed by atoms with E-state index < -0.39 is 40.9 Å². The third kappa shape index (κ3) is 8.03. The van der Waals surface area contributed by atoms with Crippen molar-refractivity contribution in [3.05, 3.63) is 65.1 Å². The fourth-order valence-electron chi connectivity index (χ4n) is 2.65. The molecule has 1 unspecified atom stereocenters. The first-order chi connectivity index (χ1) is 16.2. The summed E-state index contributed by atoms with van der Waals surface area (Å²) in [5, 5.41) is 13.9. The standard InChI is InChI=1S/C18H19N5O6.C3H4N2/c1-9(24)21-13(6-7-14(19)25)17(27)22-11-4-2-10(3-5-11)15-20-8-12(18(28)29)16(26)23-15;1-2-5-3-4-1/h2-5,8,13H,6-7H2,1H3,(H2,19,25)(H,21,24)(H,22,27)(H,28,29)(H,20,23,26);1-3H,(H,4,5). The molecule has 13 heteroatoms. The number of aromatic nitrogens is 4. The van der Waals surface area contributed by atoms with Gasteiger partial charge in [0, 0.05) is 43.2 Å². The molecule has 178 valence electrons. The van der Waals surface area contributed by atoms with Crippen molar-refractivity contribution in [3.8, 4) is 11.4 Å². The summed E-state index contributed by atoms with van der Waals surface area (Å²) in [6.07, 6.45) is 6.03. The zero-order valence-electron chi connectivity index (χ0n) is 18.1. The summed E-state index contributed by atoms with van der Waals surface area (Å²) in [6.45, 7) is 1.25. The average molecular weight is 469 g/mol. The van der Waals surface area contributed by atoms with Crippen LogP contribution in [-0.2, 0) is 14.4 Å². The summed E-state index contributed by atoms with van der Waals surface area (Å²) in [5.74, 6) is -2.76. The zero-order valence-corrected chi connectivity index (χ0v) is 18.1.